The normalized spacial score (nSPS) is 10.5. The van der Waals surface area contributed by atoms with Crippen LogP contribution in [-0.4, -0.2) is 41.7 Å². The summed E-state index contributed by atoms with van der Waals surface area (Å²) in [6.07, 6.45) is 0. The van der Waals surface area contributed by atoms with Crippen molar-refractivity contribution in [3.05, 3.63) is 133 Å². The van der Waals surface area contributed by atoms with E-state index in [2.05, 4.69) is 21.3 Å². The van der Waals surface area contributed by atoms with Gasteiger partial charge in [0, 0.05) is 58.4 Å². The highest BCUT2D eigenvalue weighted by Crippen LogP contribution is 2.35. The summed E-state index contributed by atoms with van der Waals surface area (Å²) >= 11 is 0. The monoisotopic (exact) mass is 698 g/mol. The minimum atomic E-state index is 0.290. The second-order valence-corrected chi connectivity index (χ2v) is 11.5. The van der Waals surface area contributed by atoms with Crippen molar-refractivity contribution >= 4 is 45.5 Å². The molecule has 0 radical (unpaired) electrons. The zero-order valence-electron chi connectivity index (χ0n) is 29.6. The molecule has 0 fully saturated rings. The number of benzene rings is 6. The van der Waals surface area contributed by atoms with E-state index in [1.54, 1.807) is 28.4 Å². The number of hydrogen-bond acceptors (Lipinski definition) is 10. The molecule has 0 saturated carbocycles. The van der Waals surface area contributed by atoms with Gasteiger partial charge in [0.05, 0.1) is 39.8 Å². The summed E-state index contributed by atoms with van der Waals surface area (Å²) in [5.74, 6) is 4.35. The lowest BCUT2D eigenvalue weighted by Crippen LogP contribution is -2.11. The van der Waals surface area contributed by atoms with Crippen molar-refractivity contribution in [1.29, 1.82) is 0 Å². The second-order valence-electron chi connectivity index (χ2n) is 11.5. The van der Waals surface area contributed by atoms with Gasteiger partial charge in [0.15, 0.2) is 0 Å². The maximum atomic E-state index is 6.31. The lowest BCUT2D eigenvalue weighted by atomic mass is 10.2. The molecule has 52 heavy (non-hydrogen) atoms. The molecule has 0 atom stereocenters. The van der Waals surface area contributed by atoms with E-state index in [1.807, 2.05) is 133 Å². The summed E-state index contributed by atoms with van der Waals surface area (Å²) in [5, 5.41) is 13.9. The van der Waals surface area contributed by atoms with Crippen molar-refractivity contribution in [3.8, 4) is 34.5 Å². The summed E-state index contributed by atoms with van der Waals surface area (Å²) in [5.41, 5.74) is 6.80. The Bertz CT molecular complexity index is 1940. The van der Waals surface area contributed by atoms with Crippen molar-refractivity contribution in [2.75, 3.05) is 62.9 Å². The molecule has 0 aliphatic rings. The Hall–Kier alpha value is -6.68. The van der Waals surface area contributed by atoms with Crippen LogP contribution in [0, 0.1) is 0 Å². The summed E-state index contributed by atoms with van der Waals surface area (Å²) in [4.78, 5) is 0. The highest BCUT2D eigenvalue weighted by Gasteiger charge is 2.11. The minimum absolute atomic E-state index is 0.290. The van der Waals surface area contributed by atoms with Gasteiger partial charge in [0.1, 0.15) is 47.7 Å². The molecule has 0 aromatic heterocycles. The van der Waals surface area contributed by atoms with Gasteiger partial charge < -0.3 is 49.7 Å². The molecule has 4 N–H and O–H groups in total. The molecule has 0 spiro atoms. The fraction of sp³-hybridized carbons (Fsp3) is 0.143. The molecule has 6 aromatic carbocycles. The third kappa shape index (κ3) is 9.51. The molecule has 0 heterocycles. The van der Waals surface area contributed by atoms with Crippen LogP contribution >= 0.6 is 0 Å². The standard InChI is InChI=1S/C42H42N4O6/c1-47-35-13-5-9-29(23-35)43-33-17-19-41(39(27-33)45-31-11-7-15-37(25-31)49-3)51-21-22-52-42-20-18-34(44-30-10-6-14-36(24-30)48-2)28-40(42)46-32-12-8-16-38(26-32)50-4/h5-20,23-28,43-46H,21-22H2,1-4H3. The predicted molar refractivity (Wildman–Crippen MR) is 209 cm³/mol. The largest absolute Gasteiger partial charge is 0.497 e. The van der Waals surface area contributed by atoms with E-state index >= 15 is 0 Å². The number of rotatable bonds is 17. The summed E-state index contributed by atoms with van der Waals surface area (Å²) in [6, 6.07) is 42.8. The topological polar surface area (TPSA) is 104 Å². The minimum Gasteiger partial charge on any atom is -0.497 e. The Morgan fingerprint density at radius 2 is 0.654 bits per heavy atom. The van der Waals surface area contributed by atoms with E-state index in [-0.39, 0.29) is 13.2 Å². The predicted octanol–water partition coefficient (Wildman–Crippen LogP) is 10.2. The Morgan fingerprint density at radius 1 is 0.346 bits per heavy atom. The number of ether oxygens (including phenoxy) is 6. The molecule has 0 unspecified atom stereocenters. The molecule has 0 bridgehead atoms. The molecule has 0 aliphatic carbocycles. The molecule has 10 nitrogen and oxygen atoms in total. The van der Waals surface area contributed by atoms with Gasteiger partial charge in [-0.3, -0.25) is 0 Å². The highest BCUT2D eigenvalue weighted by molar-refractivity contribution is 5.75. The van der Waals surface area contributed by atoms with Gasteiger partial charge in [-0.2, -0.15) is 0 Å². The second kappa shape index (κ2) is 17.3. The van der Waals surface area contributed by atoms with Crippen LogP contribution in [0.1, 0.15) is 0 Å². The molecule has 6 aromatic rings. The van der Waals surface area contributed by atoms with E-state index < -0.39 is 0 Å². The van der Waals surface area contributed by atoms with Crippen molar-refractivity contribution in [2.45, 2.75) is 0 Å². The molecule has 266 valence electrons. The van der Waals surface area contributed by atoms with Crippen LogP contribution in [-0.2, 0) is 0 Å². The van der Waals surface area contributed by atoms with Crippen molar-refractivity contribution in [1.82, 2.24) is 0 Å². The number of nitrogens with one attached hydrogen (secondary N) is 4. The molecule has 6 rings (SSSR count). The van der Waals surface area contributed by atoms with Gasteiger partial charge in [0.2, 0.25) is 0 Å². The average molecular weight is 699 g/mol. The van der Waals surface area contributed by atoms with Crippen LogP contribution < -0.4 is 49.7 Å². The van der Waals surface area contributed by atoms with Gasteiger partial charge in [0.25, 0.3) is 0 Å². The molecule has 10 heteroatoms. The first-order chi connectivity index (χ1) is 25.5. The number of methoxy groups -OCH3 is 4. The Kier molecular flexibility index (Phi) is 11.7. The summed E-state index contributed by atoms with van der Waals surface area (Å²) in [7, 11) is 6.60. The van der Waals surface area contributed by atoms with Crippen molar-refractivity contribution in [3.63, 3.8) is 0 Å². The maximum Gasteiger partial charge on any atom is 0.143 e. The van der Waals surface area contributed by atoms with Crippen LogP contribution in [0.3, 0.4) is 0 Å². The quantitative estimate of drug-likeness (QED) is 0.0688. The highest BCUT2D eigenvalue weighted by atomic mass is 16.5. The fourth-order valence-electron chi connectivity index (χ4n) is 5.41. The SMILES string of the molecule is COc1cccc(Nc2ccc(OCCOc3ccc(Nc4cccc(OC)c4)cc3Nc3cccc(OC)c3)c(Nc3cccc(OC)c3)c2)c1. The van der Waals surface area contributed by atoms with Crippen LogP contribution in [0.15, 0.2) is 133 Å². The first-order valence-corrected chi connectivity index (χ1v) is 16.7. The van der Waals surface area contributed by atoms with E-state index in [1.165, 1.54) is 0 Å². The number of hydrogen-bond donors (Lipinski definition) is 4. The zero-order chi connectivity index (χ0) is 36.1. The van der Waals surface area contributed by atoms with Gasteiger partial charge in [-0.1, -0.05) is 24.3 Å². The van der Waals surface area contributed by atoms with Crippen LogP contribution in [0.4, 0.5) is 45.5 Å². The van der Waals surface area contributed by atoms with Gasteiger partial charge in [-0.05, 0) is 84.9 Å². The van der Waals surface area contributed by atoms with Gasteiger partial charge in [-0.25, -0.2) is 0 Å². The van der Waals surface area contributed by atoms with Crippen LogP contribution in [0.5, 0.6) is 34.5 Å². The molecular formula is C42H42N4O6. The van der Waals surface area contributed by atoms with E-state index in [0.29, 0.717) is 11.5 Å². The van der Waals surface area contributed by atoms with Gasteiger partial charge >= 0.3 is 0 Å². The summed E-state index contributed by atoms with van der Waals surface area (Å²) in [6.45, 7) is 0.579. The van der Waals surface area contributed by atoms with Gasteiger partial charge in [-0.15, -0.1) is 0 Å². The third-order valence-electron chi connectivity index (χ3n) is 7.97. The maximum absolute atomic E-state index is 6.31. The molecule has 0 aliphatic heterocycles. The van der Waals surface area contributed by atoms with Crippen LogP contribution in [0.2, 0.25) is 0 Å². The lowest BCUT2D eigenvalue weighted by Gasteiger charge is -2.18. The molecular weight excluding hydrogens is 656 g/mol. The van der Waals surface area contributed by atoms with E-state index in [9.17, 15) is 0 Å². The first kappa shape index (κ1) is 35.2. The van der Waals surface area contributed by atoms with Crippen molar-refractivity contribution < 1.29 is 28.4 Å². The third-order valence-corrected chi connectivity index (χ3v) is 7.97. The van der Waals surface area contributed by atoms with E-state index in [4.69, 9.17) is 28.4 Å². The van der Waals surface area contributed by atoms with Crippen molar-refractivity contribution in [2.24, 2.45) is 0 Å². The number of anilines is 8. The average Bonchev–Trinajstić information content (AvgIpc) is 3.18. The smallest absolute Gasteiger partial charge is 0.143 e. The Labute approximate surface area is 304 Å². The fourth-order valence-corrected chi connectivity index (χ4v) is 5.41. The van der Waals surface area contributed by atoms with E-state index in [0.717, 1.165) is 68.5 Å². The zero-order valence-corrected chi connectivity index (χ0v) is 29.6. The van der Waals surface area contributed by atoms with Crippen LogP contribution in [0.25, 0.3) is 0 Å². The first-order valence-electron chi connectivity index (χ1n) is 16.7. The Morgan fingerprint density at radius 3 is 0.981 bits per heavy atom. The summed E-state index contributed by atoms with van der Waals surface area (Å²) < 4.78 is 34.3. The molecule has 0 amide bonds. The molecule has 0 saturated heterocycles. The lowest BCUT2D eigenvalue weighted by molar-refractivity contribution is 0.218. The Balaban J connectivity index is 1.19.